The molecule has 1 fully saturated rings. The first-order valence-corrected chi connectivity index (χ1v) is 15.6. The largest absolute Gasteiger partial charge is 0.507 e. The van der Waals surface area contributed by atoms with E-state index in [9.17, 15) is 35.4 Å². The molecule has 9 nitrogen and oxygen atoms in total. The fourth-order valence-corrected chi connectivity index (χ4v) is 5.56. The molecule has 0 spiro atoms. The van der Waals surface area contributed by atoms with Gasteiger partial charge in [-0.25, -0.2) is 4.79 Å². The first kappa shape index (κ1) is 36.9. The topological polar surface area (TPSA) is 161 Å². The van der Waals surface area contributed by atoms with Crippen LogP contribution in [0.25, 0.3) is 0 Å². The highest BCUT2D eigenvalue weighted by atomic mass is 16.5. The average molecular weight is 607 g/mol. The standard InChI is InChI=1S/C34H54O9/c1-7-8-9-10-11-21(2)14-23(4)16-24(19-35)15-22(3)12-13-28(39)34(5,6)29-18-26(37)30(33(41)43-29)32-31(40)27(38)17-25(20-36)42-32/h12-13,15-16,18,21,24-25,27-28,31-32,35-40H,7-11,14,17,19-20H2,1-6H3/b13-12+,22-15+,23-16-/t21-,24-,25-,27-,28+,31+,32-/m0/s1. The van der Waals surface area contributed by atoms with Gasteiger partial charge in [0.2, 0.25) is 0 Å². The van der Waals surface area contributed by atoms with Gasteiger partial charge in [0, 0.05) is 18.4 Å². The number of aliphatic hydroxyl groups is 5. The Bertz CT molecular complexity index is 1150. The molecule has 2 heterocycles. The second-order valence-corrected chi connectivity index (χ2v) is 12.8. The Kier molecular flexibility index (Phi) is 14.8. The molecule has 0 amide bonds. The van der Waals surface area contributed by atoms with Crippen LogP contribution in [0.15, 0.2) is 50.7 Å². The lowest BCUT2D eigenvalue weighted by Gasteiger charge is -2.36. The molecule has 1 saturated heterocycles. The summed E-state index contributed by atoms with van der Waals surface area (Å²) < 4.78 is 11.0. The van der Waals surface area contributed by atoms with Gasteiger partial charge in [0.05, 0.1) is 36.9 Å². The molecule has 0 aliphatic carbocycles. The Morgan fingerprint density at radius 1 is 1.14 bits per heavy atom. The van der Waals surface area contributed by atoms with Crippen LogP contribution in [0, 0.1) is 11.8 Å². The first-order valence-electron chi connectivity index (χ1n) is 15.6. The highest BCUT2D eigenvalue weighted by molar-refractivity contribution is 5.36. The summed E-state index contributed by atoms with van der Waals surface area (Å²) in [4.78, 5) is 12.9. The fraction of sp³-hybridized carbons (Fsp3) is 0.676. The third kappa shape index (κ3) is 10.7. The van der Waals surface area contributed by atoms with Crippen molar-refractivity contribution >= 4 is 0 Å². The summed E-state index contributed by atoms with van der Waals surface area (Å²) >= 11 is 0. The monoisotopic (exact) mass is 606 g/mol. The van der Waals surface area contributed by atoms with E-state index in [2.05, 4.69) is 26.8 Å². The van der Waals surface area contributed by atoms with Gasteiger partial charge in [-0.3, -0.25) is 0 Å². The van der Waals surface area contributed by atoms with Crippen molar-refractivity contribution in [3.63, 3.8) is 0 Å². The highest BCUT2D eigenvalue weighted by Crippen LogP contribution is 2.37. The van der Waals surface area contributed by atoms with Crippen molar-refractivity contribution in [2.75, 3.05) is 13.2 Å². The van der Waals surface area contributed by atoms with Crippen LogP contribution in [0.4, 0.5) is 0 Å². The molecule has 0 saturated carbocycles. The van der Waals surface area contributed by atoms with Gasteiger partial charge < -0.3 is 39.8 Å². The van der Waals surface area contributed by atoms with Crippen molar-refractivity contribution in [2.45, 2.75) is 122 Å². The summed E-state index contributed by atoms with van der Waals surface area (Å²) in [5, 5.41) is 61.7. The Morgan fingerprint density at radius 3 is 2.44 bits per heavy atom. The number of ether oxygens (including phenoxy) is 1. The van der Waals surface area contributed by atoms with Gasteiger partial charge in [0.25, 0.3) is 0 Å². The summed E-state index contributed by atoms with van der Waals surface area (Å²) in [7, 11) is 0. The number of allylic oxidation sites excluding steroid dienone is 3. The molecular formula is C34H54O9. The molecule has 6 N–H and O–H groups in total. The lowest BCUT2D eigenvalue weighted by molar-refractivity contribution is -0.180. The van der Waals surface area contributed by atoms with Gasteiger partial charge in [-0.05, 0) is 40.0 Å². The van der Waals surface area contributed by atoms with Crippen molar-refractivity contribution in [2.24, 2.45) is 11.8 Å². The second kappa shape index (κ2) is 17.3. The Morgan fingerprint density at radius 2 is 1.84 bits per heavy atom. The minimum Gasteiger partial charge on any atom is -0.507 e. The van der Waals surface area contributed by atoms with Gasteiger partial charge in [0.1, 0.15) is 29.3 Å². The van der Waals surface area contributed by atoms with Crippen molar-refractivity contribution < 1.29 is 39.8 Å². The van der Waals surface area contributed by atoms with Crippen LogP contribution < -0.4 is 5.63 Å². The van der Waals surface area contributed by atoms with E-state index < -0.39 is 53.9 Å². The number of unbranched alkanes of at least 4 members (excludes halogenated alkanes) is 3. The number of hydrogen-bond donors (Lipinski definition) is 6. The van der Waals surface area contributed by atoms with Crippen molar-refractivity contribution in [1.82, 2.24) is 0 Å². The Hall–Kier alpha value is -2.27. The summed E-state index contributed by atoms with van der Waals surface area (Å²) in [5.41, 5.74) is -0.399. The smallest absolute Gasteiger partial charge is 0.345 e. The third-order valence-corrected chi connectivity index (χ3v) is 8.33. The van der Waals surface area contributed by atoms with Crippen LogP contribution in [0.3, 0.4) is 0 Å². The maximum absolute atomic E-state index is 12.9. The van der Waals surface area contributed by atoms with Crippen LogP contribution in [-0.4, -0.2) is 68.3 Å². The first-order chi connectivity index (χ1) is 20.2. The molecular weight excluding hydrogens is 552 g/mol. The Balaban J connectivity index is 2.14. The predicted molar refractivity (Wildman–Crippen MR) is 167 cm³/mol. The number of aromatic hydroxyl groups is 1. The molecule has 1 aromatic rings. The normalized spacial score (nSPS) is 24.3. The molecule has 0 bridgehead atoms. The molecule has 7 atom stereocenters. The molecule has 9 heteroatoms. The molecule has 0 unspecified atom stereocenters. The van der Waals surface area contributed by atoms with Crippen LogP contribution >= 0.6 is 0 Å². The molecule has 1 aliphatic heterocycles. The van der Waals surface area contributed by atoms with Gasteiger partial charge in [-0.1, -0.05) is 81.4 Å². The van der Waals surface area contributed by atoms with Crippen molar-refractivity contribution in [3.8, 4) is 5.75 Å². The lowest BCUT2D eigenvalue weighted by Crippen LogP contribution is -2.46. The summed E-state index contributed by atoms with van der Waals surface area (Å²) in [6.07, 6.45) is 8.44. The number of rotatable bonds is 16. The van der Waals surface area contributed by atoms with Gasteiger partial charge in [-0.2, -0.15) is 0 Å². The van der Waals surface area contributed by atoms with Crippen LogP contribution in [0.1, 0.15) is 104 Å². The van der Waals surface area contributed by atoms with E-state index in [1.54, 1.807) is 26.0 Å². The van der Waals surface area contributed by atoms with E-state index >= 15 is 0 Å². The Labute approximate surface area is 256 Å². The molecule has 1 aromatic heterocycles. The second-order valence-electron chi connectivity index (χ2n) is 12.8. The maximum atomic E-state index is 12.9. The summed E-state index contributed by atoms with van der Waals surface area (Å²) in [6.45, 7) is 11.3. The van der Waals surface area contributed by atoms with Gasteiger partial charge in [-0.15, -0.1) is 0 Å². The van der Waals surface area contributed by atoms with Gasteiger partial charge >= 0.3 is 5.63 Å². The quantitative estimate of drug-likeness (QED) is 0.0899. The molecule has 43 heavy (non-hydrogen) atoms. The molecule has 0 radical (unpaired) electrons. The van der Waals surface area contributed by atoms with E-state index in [0.29, 0.717) is 5.92 Å². The predicted octanol–water partition coefficient (Wildman–Crippen LogP) is 4.58. The van der Waals surface area contributed by atoms with Crippen molar-refractivity contribution in [3.05, 3.63) is 63.3 Å². The van der Waals surface area contributed by atoms with Crippen LogP contribution in [-0.2, 0) is 10.2 Å². The van der Waals surface area contributed by atoms with E-state index in [0.717, 1.165) is 12.0 Å². The zero-order valence-electron chi connectivity index (χ0n) is 26.7. The van der Waals surface area contributed by atoms with Crippen LogP contribution in [0.2, 0.25) is 0 Å². The summed E-state index contributed by atoms with van der Waals surface area (Å²) in [6, 6.07) is 1.20. The zero-order valence-corrected chi connectivity index (χ0v) is 26.7. The van der Waals surface area contributed by atoms with Crippen molar-refractivity contribution in [1.29, 1.82) is 0 Å². The SMILES string of the molecule is CCCCCC[C@H](C)C/C(C)=C\[C@H](/C=C(C)/C=C/[C@@H](O)C(C)(C)c1cc(O)c([C@@H]2O[C@H](CO)C[C@H](O)[C@H]2O)c(=O)o1)CO. The number of aliphatic hydroxyl groups excluding tert-OH is 5. The van der Waals surface area contributed by atoms with E-state index in [4.69, 9.17) is 9.15 Å². The average Bonchev–Trinajstić information content (AvgIpc) is 2.95. The highest BCUT2D eigenvalue weighted by Gasteiger charge is 2.41. The minimum atomic E-state index is -1.50. The molecule has 0 aromatic carbocycles. The van der Waals surface area contributed by atoms with E-state index in [1.165, 1.54) is 43.7 Å². The third-order valence-electron chi connectivity index (χ3n) is 8.33. The molecule has 244 valence electrons. The summed E-state index contributed by atoms with van der Waals surface area (Å²) in [5.74, 6) is -0.0686. The van der Waals surface area contributed by atoms with Gasteiger partial charge in [0.15, 0.2) is 0 Å². The van der Waals surface area contributed by atoms with Crippen LogP contribution in [0.5, 0.6) is 5.75 Å². The minimum absolute atomic E-state index is 0.0118. The van der Waals surface area contributed by atoms with E-state index in [-0.39, 0.29) is 30.3 Å². The fourth-order valence-electron chi connectivity index (χ4n) is 5.56. The molecule has 1 aliphatic rings. The van der Waals surface area contributed by atoms with E-state index in [1.807, 2.05) is 13.0 Å². The molecule has 2 rings (SSSR count). The lowest BCUT2D eigenvalue weighted by atomic mass is 9.82. The maximum Gasteiger partial charge on any atom is 0.345 e. The number of hydrogen-bond acceptors (Lipinski definition) is 9. The zero-order chi connectivity index (χ0) is 32.3.